The lowest BCUT2D eigenvalue weighted by Crippen LogP contribution is -2.08. The van der Waals surface area contributed by atoms with Gasteiger partial charge in [-0.25, -0.2) is 0 Å². The van der Waals surface area contributed by atoms with E-state index in [-0.39, 0.29) is 4.75 Å². The molecular weight excluding hydrogens is 115 g/mol. The minimum absolute atomic E-state index is 0.166. The highest BCUT2D eigenvalue weighted by molar-refractivity contribution is 7.81. The minimum atomic E-state index is 0.166. The summed E-state index contributed by atoms with van der Waals surface area (Å²) < 4.78 is 0.166. The Morgan fingerprint density at radius 2 is 2.00 bits per heavy atom. The van der Waals surface area contributed by atoms with Crippen molar-refractivity contribution in [1.29, 1.82) is 0 Å². The summed E-state index contributed by atoms with van der Waals surface area (Å²) in [4.78, 5) is 0. The van der Waals surface area contributed by atoms with Crippen molar-refractivity contribution in [2.75, 3.05) is 0 Å². The smallest absolute Gasteiger partial charge is 0.0653 e. The molecule has 0 saturated carbocycles. The first-order valence-corrected chi connectivity index (χ1v) is 3.43. The number of rotatable bonds is 3. The largest absolute Gasteiger partial charge is 0.173 e. The van der Waals surface area contributed by atoms with Crippen molar-refractivity contribution in [3.63, 3.8) is 0 Å². The van der Waals surface area contributed by atoms with E-state index in [1.165, 1.54) is 0 Å². The van der Waals surface area contributed by atoms with Crippen LogP contribution in [0.2, 0.25) is 6.32 Å². The molecule has 0 spiro atoms. The van der Waals surface area contributed by atoms with Crippen LogP contribution in [0.1, 0.15) is 26.7 Å². The Bertz CT molecular complexity index is 56.0. The molecule has 46 valence electrons. The van der Waals surface area contributed by atoms with Gasteiger partial charge in [-0.2, -0.15) is 12.6 Å². The zero-order valence-electron chi connectivity index (χ0n) is 5.65. The van der Waals surface area contributed by atoms with E-state index in [0.717, 1.165) is 19.2 Å². The maximum Gasteiger partial charge on any atom is 0.0653 e. The topological polar surface area (TPSA) is 0 Å². The molecule has 0 aliphatic carbocycles. The van der Waals surface area contributed by atoms with E-state index in [2.05, 4.69) is 26.5 Å². The van der Waals surface area contributed by atoms with Crippen LogP contribution in [0.3, 0.4) is 0 Å². The van der Waals surface area contributed by atoms with E-state index in [4.69, 9.17) is 7.85 Å². The fraction of sp³-hybridized carbons (Fsp3) is 1.00. The molecule has 0 aliphatic heterocycles. The highest BCUT2D eigenvalue weighted by atomic mass is 32.1. The molecule has 0 bridgehead atoms. The molecule has 0 aliphatic rings. The standard InChI is InChI=1S/C6H13BS/c1-6(2,8)4-3-5-7/h8H,3-5H2,1-2H3. The van der Waals surface area contributed by atoms with Gasteiger partial charge in [-0.3, -0.25) is 0 Å². The van der Waals surface area contributed by atoms with Crippen LogP contribution in [0.5, 0.6) is 0 Å². The van der Waals surface area contributed by atoms with Gasteiger partial charge in [-0.05, 0) is 6.42 Å². The lowest BCUT2D eigenvalue weighted by molar-refractivity contribution is 0.632. The molecule has 0 N–H and O–H groups in total. The Labute approximate surface area is 58.9 Å². The van der Waals surface area contributed by atoms with Gasteiger partial charge in [0.25, 0.3) is 0 Å². The molecule has 0 rings (SSSR count). The molecule has 0 atom stereocenters. The van der Waals surface area contributed by atoms with Crippen LogP contribution in [0, 0.1) is 0 Å². The Morgan fingerprint density at radius 1 is 1.50 bits per heavy atom. The van der Waals surface area contributed by atoms with Crippen molar-refractivity contribution >= 4 is 20.5 Å². The Morgan fingerprint density at radius 3 is 2.12 bits per heavy atom. The average molecular weight is 128 g/mol. The lowest BCUT2D eigenvalue weighted by atomic mass is 9.96. The number of hydrogen-bond donors (Lipinski definition) is 1. The molecule has 0 aromatic rings. The van der Waals surface area contributed by atoms with Gasteiger partial charge in [0.05, 0.1) is 7.85 Å². The van der Waals surface area contributed by atoms with Crippen LogP contribution in [0.4, 0.5) is 0 Å². The molecule has 2 heteroatoms. The molecule has 0 unspecified atom stereocenters. The first-order valence-electron chi connectivity index (χ1n) is 2.99. The molecule has 0 amide bonds. The van der Waals surface area contributed by atoms with Gasteiger partial charge in [0, 0.05) is 4.75 Å². The van der Waals surface area contributed by atoms with Crippen molar-refractivity contribution in [2.45, 2.75) is 37.8 Å². The van der Waals surface area contributed by atoms with Crippen LogP contribution in [-0.2, 0) is 0 Å². The van der Waals surface area contributed by atoms with E-state index in [0.29, 0.717) is 0 Å². The maximum absolute atomic E-state index is 5.30. The summed E-state index contributed by atoms with van der Waals surface area (Å²) in [7, 11) is 5.30. The third-order valence-corrected chi connectivity index (χ3v) is 1.22. The molecule has 0 heterocycles. The molecule has 0 aromatic heterocycles. The summed E-state index contributed by atoms with van der Waals surface area (Å²) in [6, 6.07) is 0. The predicted octanol–water partition coefficient (Wildman–Crippen LogP) is 2.06. The van der Waals surface area contributed by atoms with Crippen molar-refractivity contribution in [2.24, 2.45) is 0 Å². The molecule has 0 aromatic carbocycles. The summed E-state index contributed by atoms with van der Waals surface area (Å²) in [5.41, 5.74) is 0. The van der Waals surface area contributed by atoms with Crippen LogP contribution in [0.15, 0.2) is 0 Å². The van der Waals surface area contributed by atoms with Crippen LogP contribution in [0.25, 0.3) is 0 Å². The summed E-state index contributed by atoms with van der Waals surface area (Å²) in [6.07, 6.45) is 2.97. The van der Waals surface area contributed by atoms with Crippen LogP contribution in [-0.4, -0.2) is 12.6 Å². The molecule has 0 fully saturated rings. The first-order chi connectivity index (χ1) is 3.56. The Hall–Kier alpha value is 0.415. The van der Waals surface area contributed by atoms with Crippen molar-refractivity contribution in [1.82, 2.24) is 0 Å². The molecular formula is C6H13BS. The Kier molecular flexibility index (Phi) is 3.62. The van der Waals surface area contributed by atoms with E-state index >= 15 is 0 Å². The first kappa shape index (κ1) is 8.41. The summed E-state index contributed by atoms with van der Waals surface area (Å²) >= 11 is 4.33. The zero-order valence-corrected chi connectivity index (χ0v) is 6.54. The van der Waals surface area contributed by atoms with Gasteiger partial charge < -0.3 is 0 Å². The molecule has 0 nitrogen and oxygen atoms in total. The Balaban J connectivity index is 3.11. The van der Waals surface area contributed by atoms with Gasteiger partial charge >= 0.3 is 0 Å². The zero-order chi connectivity index (χ0) is 6.62. The van der Waals surface area contributed by atoms with E-state index < -0.39 is 0 Å². The van der Waals surface area contributed by atoms with Crippen LogP contribution >= 0.6 is 12.6 Å². The quantitative estimate of drug-likeness (QED) is 0.436. The van der Waals surface area contributed by atoms with Crippen molar-refractivity contribution in [3.8, 4) is 0 Å². The normalized spacial score (nSPS) is 11.9. The van der Waals surface area contributed by atoms with Gasteiger partial charge in [-0.15, -0.1) is 0 Å². The third-order valence-electron chi connectivity index (χ3n) is 0.993. The van der Waals surface area contributed by atoms with Crippen molar-refractivity contribution < 1.29 is 0 Å². The van der Waals surface area contributed by atoms with Crippen molar-refractivity contribution in [3.05, 3.63) is 0 Å². The minimum Gasteiger partial charge on any atom is -0.173 e. The van der Waals surface area contributed by atoms with Gasteiger partial charge in [0.15, 0.2) is 0 Å². The van der Waals surface area contributed by atoms with Gasteiger partial charge in [0.2, 0.25) is 0 Å². The van der Waals surface area contributed by atoms with Crippen LogP contribution < -0.4 is 0 Å². The maximum atomic E-state index is 5.30. The third kappa shape index (κ3) is 6.41. The summed E-state index contributed by atoms with van der Waals surface area (Å²) in [6.45, 7) is 4.21. The second-order valence-electron chi connectivity index (χ2n) is 2.70. The SMILES string of the molecule is [B]CCCC(C)(C)S. The van der Waals surface area contributed by atoms with Gasteiger partial charge in [-0.1, -0.05) is 26.6 Å². The highest BCUT2D eigenvalue weighted by Crippen LogP contribution is 2.19. The fourth-order valence-corrected chi connectivity index (χ4v) is 0.693. The summed E-state index contributed by atoms with van der Waals surface area (Å²) in [5.74, 6) is 0. The number of thiol groups is 1. The molecule has 8 heavy (non-hydrogen) atoms. The molecule has 2 radical (unpaired) electrons. The average Bonchev–Trinajstić information content (AvgIpc) is 1.59. The highest BCUT2D eigenvalue weighted by Gasteiger charge is 2.08. The van der Waals surface area contributed by atoms with E-state index in [1.807, 2.05) is 0 Å². The lowest BCUT2D eigenvalue weighted by Gasteiger charge is -2.15. The second-order valence-corrected chi connectivity index (χ2v) is 3.92. The molecule has 0 saturated heterocycles. The fourth-order valence-electron chi connectivity index (χ4n) is 0.535. The monoisotopic (exact) mass is 128 g/mol. The van der Waals surface area contributed by atoms with Gasteiger partial charge in [0.1, 0.15) is 0 Å². The predicted molar refractivity (Wildman–Crippen MR) is 42.9 cm³/mol. The summed E-state index contributed by atoms with van der Waals surface area (Å²) in [5, 5.41) is 0. The van der Waals surface area contributed by atoms with E-state index in [9.17, 15) is 0 Å². The van der Waals surface area contributed by atoms with E-state index in [1.54, 1.807) is 0 Å². The second kappa shape index (κ2) is 3.44. The number of hydrogen-bond acceptors (Lipinski definition) is 1.